The van der Waals surface area contributed by atoms with E-state index in [9.17, 15) is 5.11 Å². The van der Waals surface area contributed by atoms with Gasteiger partial charge in [-0.15, -0.1) is 0 Å². The molecule has 34 heavy (non-hydrogen) atoms. The maximum absolute atomic E-state index is 11.6. The second-order valence-electron chi connectivity index (χ2n) is 9.56. The van der Waals surface area contributed by atoms with Crippen LogP contribution in [0.4, 0.5) is 0 Å². The molecule has 0 unspecified atom stereocenters. The average molecular weight is 454 g/mol. The van der Waals surface area contributed by atoms with Crippen molar-refractivity contribution in [3.8, 4) is 5.69 Å². The van der Waals surface area contributed by atoms with Crippen molar-refractivity contribution < 1.29 is 5.11 Å². The van der Waals surface area contributed by atoms with E-state index < -0.39 is 5.60 Å². The van der Waals surface area contributed by atoms with Crippen molar-refractivity contribution in [1.29, 1.82) is 0 Å². The highest BCUT2D eigenvalue weighted by Crippen LogP contribution is 2.37. The predicted molar refractivity (Wildman–Crippen MR) is 135 cm³/mol. The van der Waals surface area contributed by atoms with Crippen LogP contribution in [0.5, 0.6) is 0 Å². The van der Waals surface area contributed by atoms with Gasteiger partial charge >= 0.3 is 0 Å². The second-order valence-corrected chi connectivity index (χ2v) is 9.56. The number of nitrogens with zero attached hydrogens (tertiary/aromatic N) is 5. The minimum Gasteiger partial charge on any atom is -0.377 e. The van der Waals surface area contributed by atoms with Gasteiger partial charge in [0, 0.05) is 18.4 Å². The molecular weight excluding hydrogens is 422 g/mol. The van der Waals surface area contributed by atoms with Gasteiger partial charge in [-0.2, -0.15) is 5.10 Å². The fourth-order valence-electron chi connectivity index (χ4n) is 4.70. The number of hydrogen-bond donors (Lipinski definition) is 1. The first-order valence-electron chi connectivity index (χ1n) is 11.9. The third kappa shape index (κ3) is 4.10. The maximum atomic E-state index is 11.6. The third-order valence-corrected chi connectivity index (χ3v) is 6.66. The number of rotatable bonds is 5. The van der Waals surface area contributed by atoms with Gasteiger partial charge in [0.05, 0.1) is 12.0 Å². The van der Waals surface area contributed by atoms with Crippen LogP contribution in [0.15, 0.2) is 55.0 Å². The van der Waals surface area contributed by atoms with Gasteiger partial charge in [0.25, 0.3) is 0 Å². The monoisotopic (exact) mass is 453 g/mol. The molecule has 0 aliphatic carbocycles. The van der Waals surface area contributed by atoms with Gasteiger partial charge in [-0.1, -0.05) is 50.3 Å². The number of imidazole rings is 1. The van der Waals surface area contributed by atoms with Crippen LogP contribution in [0.1, 0.15) is 72.2 Å². The molecule has 1 aliphatic rings. The van der Waals surface area contributed by atoms with Crippen LogP contribution >= 0.6 is 0 Å². The molecule has 3 heterocycles. The summed E-state index contributed by atoms with van der Waals surface area (Å²) in [6, 6.07) is 14.6. The van der Waals surface area contributed by atoms with E-state index in [0.29, 0.717) is 24.0 Å². The lowest BCUT2D eigenvalue weighted by atomic mass is 9.85. The van der Waals surface area contributed by atoms with Crippen LogP contribution < -0.4 is 0 Å². The summed E-state index contributed by atoms with van der Waals surface area (Å²) in [7, 11) is 0. The molecule has 1 N–H and O–H groups in total. The normalized spacial score (nSPS) is 18.1. The van der Waals surface area contributed by atoms with Gasteiger partial charge in [0.2, 0.25) is 0 Å². The number of hydrogen-bond acceptors (Lipinski definition) is 4. The Morgan fingerprint density at radius 1 is 1.06 bits per heavy atom. The Balaban J connectivity index is 1.41. The van der Waals surface area contributed by atoms with Gasteiger partial charge in [0.1, 0.15) is 5.60 Å². The highest BCUT2D eigenvalue weighted by molar-refractivity contribution is 5.68. The Morgan fingerprint density at radius 3 is 2.53 bits per heavy atom. The molecule has 5 rings (SSSR count). The maximum Gasteiger partial charge on any atom is 0.174 e. The molecule has 0 saturated carbocycles. The molecule has 0 saturated heterocycles. The smallest absolute Gasteiger partial charge is 0.174 e. The first-order chi connectivity index (χ1) is 16.3. The number of fused-ring (bicyclic) bond motifs is 1. The van der Waals surface area contributed by atoms with Crippen LogP contribution in [0, 0.1) is 13.8 Å². The lowest BCUT2D eigenvalue weighted by Gasteiger charge is -2.32. The van der Waals surface area contributed by atoms with Gasteiger partial charge in [-0.3, -0.25) is 0 Å². The van der Waals surface area contributed by atoms with Crippen molar-refractivity contribution in [1.82, 2.24) is 24.3 Å². The summed E-state index contributed by atoms with van der Waals surface area (Å²) in [6.45, 7) is 9.20. The molecule has 2 aromatic carbocycles. The summed E-state index contributed by atoms with van der Waals surface area (Å²) < 4.78 is 3.90. The summed E-state index contributed by atoms with van der Waals surface area (Å²) in [4.78, 5) is 9.07. The van der Waals surface area contributed by atoms with E-state index >= 15 is 0 Å². The van der Waals surface area contributed by atoms with Crippen molar-refractivity contribution >= 4 is 12.2 Å². The molecule has 1 aliphatic heterocycles. The fourth-order valence-corrected chi connectivity index (χ4v) is 4.70. The first kappa shape index (κ1) is 22.3. The summed E-state index contributed by atoms with van der Waals surface area (Å²) >= 11 is 0. The Hall–Kier alpha value is -3.51. The van der Waals surface area contributed by atoms with Crippen molar-refractivity contribution in [2.45, 2.75) is 58.6 Å². The van der Waals surface area contributed by atoms with Gasteiger partial charge in [-0.05, 0) is 73.1 Å². The largest absolute Gasteiger partial charge is 0.377 e. The Bertz CT molecular complexity index is 1350. The van der Waals surface area contributed by atoms with Crippen LogP contribution in [0.25, 0.3) is 17.8 Å². The highest BCUT2D eigenvalue weighted by Gasteiger charge is 2.39. The molecule has 0 amide bonds. The topological polar surface area (TPSA) is 68.8 Å². The van der Waals surface area contributed by atoms with Crippen LogP contribution in [-0.4, -0.2) is 29.4 Å². The predicted octanol–water partition coefficient (Wildman–Crippen LogP) is 5.40. The molecule has 0 bridgehead atoms. The quantitative estimate of drug-likeness (QED) is 0.439. The second kappa shape index (κ2) is 8.69. The Labute approximate surface area is 200 Å². The SMILES string of the molecule is Cc1cn(-c2ccc(/C=C/c3nc4n(n3)CCC[C@@]4(O)c3ccc(C(C)C)cc3)cc2C)cn1. The number of aromatic nitrogens is 5. The van der Waals surface area contributed by atoms with Crippen molar-refractivity contribution in [3.05, 3.63) is 94.6 Å². The van der Waals surface area contributed by atoms with E-state index in [-0.39, 0.29) is 0 Å². The molecule has 6 heteroatoms. The fraction of sp³-hybridized carbons (Fsp3) is 0.321. The highest BCUT2D eigenvalue weighted by atomic mass is 16.3. The van der Waals surface area contributed by atoms with E-state index in [4.69, 9.17) is 4.98 Å². The first-order valence-corrected chi connectivity index (χ1v) is 11.9. The molecule has 0 spiro atoms. The van der Waals surface area contributed by atoms with E-state index in [0.717, 1.165) is 41.0 Å². The van der Waals surface area contributed by atoms with E-state index in [1.165, 1.54) is 5.56 Å². The number of aliphatic hydroxyl groups is 1. The standard InChI is InChI=1S/C28H31N5O/c1-19(2)23-8-10-24(11-9-23)28(34)14-5-15-33-27(28)30-26(31-33)13-7-22-6-12-25(20(3)16-22)32-17-21(4)29-18-32/h6-13,16-19,34H,5,14-15H2,1-4H3/b13-7+/t28-/m1/s1. The lowest BCUT2D eigenvalue weighted by molar-refractivity contribution is 0.0395. The summed E-state index contributed by atoms with van der Waals surface area (Å²) in [5.41, 5.74) is 5.37. The number of aryl methyl sites for hydroxylation is 3. The van der Waals surface area contributed by atoms with Crippen LogP contribution in [0.2, 0.25) is 0 Å². The minimum absolute atomic E-state index is 0.456. The van der Waals surface area contributed by atoms with Crippen molar-refractivity contribution in [2.75, 3.05) is 0 Å². The Kier molecular flexibility index (Phi) is 5.70. The summed E-state index contributed by atoms with van der Waals surface area (Å²) in [6.07, 6.45) is 9.30. The molecule has 6 nitrogen and oxygen atoms in total. The Morgan fingerprint density at radius 2 is 1.85 bits per heavy atom. The van der Waals surface area contributed by atoms with Crippen molar-refractivity contribution in [2.24, 2.45) is 0 Å². The van der Waals surface area contributed by atoms with Crippen molar-refractivity contribution in [3.63, 3.8) is 0 Å². The summed E-state index contributed by atoms with van der Waals surface area (Å²) in [5, 5.41) is 16.3. The van der Waals surface area contributed by atoms with E-state index in [1.807, 2.05) is 53.0 Å². The van der Waals surface area contributed by atoms with E-state index in [1.54, 1.807) is 0 Å². The molecular formula is C28H31N5O. The molecule has 174 valence electrons. The van der Waals surface area contributed by atoms with Gasteiger partial charge in [0.15, 0.2) is 11.6 Å². The van der Waals surface area contributed by atoms with Gasteiger partial charge < -0.3 is 9.67 Å². The third-order valence-electron chi connectivity index (χ3n) is 6.66. The molecule has 0 radical (unpaired) electrons. The average Bonchev–Trinajstić information content (AvgIpc) is 3.45. The zero-order chi connectivity index (χ0) is 23.9. The lowest BCUT2D eigenvalue weighted by Crippen LogP contribution is -2.35. The molecule has 1 atom stereocenters. The van der Waals surface area contributed by atoms with Crippen LogP contribution in [0.3, 0.4) is 0 Å². The minimum atomic E-state index is -1.12. The zero-order valence-corrected chi connectivity index (χ0v) is 20.2. The molecule has 2 aromatic heterocycles. The zero-order valence-electron chi connectivity index (χ0n) is 20.2. The van der Waals surface area contributed by atoms with E-state index in [2.05, 4.69) is 61.2 Å². The molecule has 4 aromatic rings. The summed E-state index contributed by atoms with van der Waals surface area (Å²) in [5.74, 6) is 1.69. The van der Waals surface area contributed by atoms with Crippen LogP contribution in [-0.2, 0) is 12.1 Å². The molecule has 0 fully saturated rings. The number of benzene rings is 2. The van der Waals surface area contributed by atoms with Gasteiger partial charge in [-0.25, -0.2) is 14.6 Å².